The minimum absolute atomic E-state index is 0.0173. The van der Waals surface area contributed by atoms with Crippen LogP contribution in [0.15, 0.2) is 36.4 Å². The third-order valence-electron chi connectivity index (χ3n) is 5.13. The van der Waals surface area contributed by atoms with E-state index >= 15 is 0 Å². The van der Waals surface area contributed by atoms with E-state index in [-0.39, 0.29) is 17.8 Å². The molecule has 1 fully saturated rings. The molecule has 0 spiro atoms. The topological polar surface area (TPSA) is 49.6 Å². The number of halogens is 6. The van der Waals surface area contributed by atoms with E-state index < -0.39 is 23.7 Å². The van der Waals surface area contributed by atoms with Crippen LogP contribution in [0.2, 0.25) is 0 Å². The van der Waals surface area contributed by atoms with Gasteiger partial charge in [-0.3, -0.25) is 4.90 Å². The normalized spacial score (nSPS) is 16.6. The average Bonchev–Trinajstić information content (AvgIpc) is 3.00. The first kappa shape index (κ1) is 21.3. The summed E-state index contributed by atoms with van der Waals surface area (Å²) in [5, 5.41) is 10.7. The zero-order valence-corrected chi connectivity index (χ0v) is 16.2. The van der Waals surface area contributed by atoms with Crippen LogP contribution in [0.5, 0.6) is 0 Å². The van der Waals surface area contributed by atoms with Crippen LogP contribution >= 0.6 is 0 Å². The van der Waals surface area contributed by atoms with Gasteiger partial charge in [0.05, 0.1) is 5.56 Å². The van der Waals surface area contributed by atoms with Gasteiger partial charge in [0.2, 0.25) is 0 Å². The van der Waals surface area contributed by atoms with Gasteiger partial charge in [0.15, 0.2) is 5.65 Å². The lowest BCUT2D eigenvalue weighted by Gasteiger charge is -2.23. The average molecular weight is 444 g/mol. The molecule has 0 N–H and O–H groups in total. The maximum absolute atomic E-state index is 13.3. The van der Waals surface area contributed by atoms with Crippen molar-refractivity contribution in [2.45, 2.75) is 25.3 Å². The summed E-state index contributed by atoms with van der Waals surface area (Å²) < 4.78 is 79.7. The Morgan fingerprint density at radius 2 is 1.58 bits per heavy atom. The quantitative estimate of drug-likeness (QED) is 0.574. The van der Waals surface area contributed by atoms with Crippen molar-refractivity contribution in [3.63, 3.8) is 0 Å². The van der Waals surface area contributed by atoms with Gasteiger partial charge < -0.3 is 4.90 Å². The third-order valence-corrected chi connectivity index (χ3v) is 5.13. The molecule has 1 aliphatic rings. The molecule has 12 heteroatoms. The molecule has 0 unspecified atom stereocenters. The first-order valence-corrected chi connectivity index (χ1v) is 9.55. The van der Waals surface area contributed by atoms with Crippen molar-refractivity contribution >= 4 is 11.5 Å². The largest absolute Gasteiger partial charge is 0.453 e. The summed E-state index contributed by atoms with van der Waals surface area (Å²) in [6.45, 7) is 2.07. The Bertz CT molecular complexity index is 1060. The Labute approximate surface area is 173 Å². The number of fused-ring (bicyclic) bond motifs is 1. The molecule has 1 aliphatic heterocycles. The number of aromatic nitrogens is 4. The molecule has 0 atom stereocenters. The fourth-order valence-electron chi connectivity index (χ4n) is 3.66. The van der Waals surface area contributed by atoms with E-state index in [1.54, 1.807) is 12.1 Å². The van der Waals surface area contributed by atoms with E-state index in [4.69, 9.17) is 0 Å². The predicted octanol–water partition coefficient (Wildman–Crippen LogP) is 3.87. The smallest absolute Gasteiger partial charge is 0.354 e. The van der Waals surface area contributed by atoms with E-state index in [1.165, 1.54) is 18.2 Å². The van der Waals surface area contributed by atoms with Crippen molar-refractivity contribution in [1.82, 2.24) is 24.7 Å². The van der Waals surface area contributed by atoms with Gasteiger partial charge in [-0.25, -0.2) is 0 Å². The summed E-state index contributed by atoms with van der Waals surface area (Å²) in [5.41, 5.74) is -0.478. The minimum Gasteiger partial charge on any atom is -0.354 e. The Hall–Kier alpha value is -2.89. The number of rotatable bonds is 3. The molecule has 0 amide bonds. The summed E-state index contributed by atoms with van der Waals surface area (Å²) in [6.07, 6.45) is -8.49. The highest BCUT2D eigenvalue weighted by Crippen LogP contribution is 2.32. The molecule has 2 aromatic heterocycles. The number of benzene rings is 1. The fourth-order valence-corrected chi connectivity index (χ4v) is 3.66. The zero-order chi connectivity index (χ0) is 22.2. The molecule has 1 saturated heterocycles. The van der Waals surface area contributed by atoms with Crippen molar-refractivity contribution in [3.8, 4) is 0 Å². The van der Waals surface area contributed by atoms with Gasteiger partial charge in [0.25, 0.3) is 5.82 Å². The molecule has 166 valence electrons. The second-order valence-corrected chi connectivity index (χ2v) is 7.25. The van der Waals surface area contributed by atoms with Crippen molar-refractivity contribution in [2.24, 2.45) is 0 Å². The van der Waals surface area contributed by atoms with Crippen LogP contribution in [-0.2, 0) is 18.9 Å². The molecular formula is C19H18F6N6. The second-order valence-electron chi connectivity index (χ2n) is 7.25. The monoisotopic (exact) mass is 444 g/mol. The standard InChI is InChI=1S/C19H18F6N6/c20-18(21,22)14-5-2-1-4-13(14)12-29-8-3-9-30(11-10-29)16-7-6-15-26-27-17(19(23,24)25)31(15)28-16/h1-2,4-7H,3,8-12H2. The fraction of sp³-hybridized carbons (Fsp3) is 0.421. The molecule has 0 bridgehead atoms. The molecular weight excluding hydrogens is 426 g/mol. The molecule has 3 heterocycles. The number of hydrogen-bond donors (Lipinski definition) is 0. The van der Waals surface area contributed by atoms with Gasteiger partial charge in [-0.1, -0.05) is 18.2 Å². The molecule has 3 aromatic rings. The summed E-state index contributed by atoms with van der Waals surface area (Å²) in [4.78, 5) is 3.72. The number of hydrogen-bond acceptors (Lipinski definition) is 5. The van der Waals surface area contributed by atoms with Crippen LogP contribution in [0.4, 0.5) is 32.2 Å². The maximum atomic E-state index is 13.3. The molecule has 0 radical (unpaired) electrons. The first-order chi connectivity index (χ1) is 14.6. The minimum atomic E-state index is -4.69. The molecule has 1 aromatic carbocycles. The van der Waals surface area contributed by atoms with Crippen LogP contribution in [0.25, 0.3) is 5.65 Å². The maximum Gasteiger partial charge on any atom is 0.453 e. The van der Waals surface area contributed by atoms with E-state index in [1.807, 2.05) is 9.80 Å². The van der Waals surface area contributed by atoms with E-state index in [0.29, 0.717) is 42.9 Å². The van der Waals surface area contributed by atoms with Crippen LogP contribution in [0.1, 0.15) is 23.4 Å². The Morgan fingerprint density at radius 3 is 2.32 bits per heavy atom. The van der Waals surface area contributed by atoms with Crippen LogP contribution < -0.4 is 4.90 Å². The molecule has 6 nitrogen and oxygen atoms in total. The van der Waals surface area contributed by atoms with Gasteiger partial charge in [-0.2, -0.15) is 30.9 Å². The van der Waals surface area contributed by atoms with E-state index in [0.717, 1.165) is 6.07 Å². The van der Waals surface area contributed by atoms with Crippen molar-refractivity contribution < 1.29 is 26.3 Å². The molecule has 0 aliphatic carbocycles. The highest BCUT2D eigenvalue weighted by molar-refractivity contribution is 5.46. The third kappa shape index (κ3) is 4.58. The zero-order valence-electron chi connectivity index (χ0n) is 16.2. The Balaban J connectivity index is 1.50. The number of nitrogens with zero attached hydrogens (tertiary/aromatic N) is 6. The lowest BCUT2D eigenvalue weighted by atomic mass is 10.1. The van der Waals surface area contributed by atoms with Crippen LogP contribution in [0.3, 0.4) is 0 Å². The molecule has 4 rings (SSSR count). The Kier molecular flexibility index (Phi) is 5.50. The summed E-state index contributed by atoms with van der Waals surface area (Å²) in [6, 6.07) is 8.44. The summed E-state index contributed by atoms with van der Waals surface area (Å²) in [7, 11) is 0. The summed E-state index contributed by atoms with van der Waals surface area (Å²) >= 11 is 0. The van der Waals surface area contributed by atoms with Crippen LogP contribution in [0, 0.1) is 0 Å². The summed E-state index contributed by atoms with van der Waals surface area (Å²) in [5.74, 6) is -0.875. The van der Waals surface area contributed by atoms with Gasteiger partial charge in [-0.05, 0) is 30.2 Å². The first-order valence-electron chi connectivity index (χ1n) is 9.55. The van der Waals surface area contributed by atoms with Crippen molar-refractivity contribution in [1.29, 1.82) is 0 Å². The van der Waals surface area contributed by atoms with E-state index in [9.17, 15) is 26.3 Å². The lowest BCUT2D eigenvalue weighted by Crippen LogP contribution is -2.31. The number of anilines is 1. The highest BCUT2D eigenvalue weighted by Gasteiger charge is 2.38. The van der Waals surface area contributed by atoms with Gasteiger partial charge in [0, 0.05) is 32.7 Å². The predicted molar refractivity (Wildman–Crippen MR) is 99.3 cm³/mol. The van der Waals surface area contributed by atoms with Gasteiger partial charge in [-0.15, -0.1) is 15.3 Å². The molecule has 0 saturated carbocycles. The molecule has 31 heavy (non-hydrogen) atoms. The lowest BCUT2D eigenvalue weighted by molar-refractivity contribution is -0.146. The van der Waals surface area contributed by atoms with E-state index in [2.05, 4.69) is 15.3 Å². The van der Waals surface area contributed by atoms with Gasteiger partial charge >= 0.3 is 12.4 Å². The van der Waals surface area contributed by atoms with Gasteiger partial charge in [0.1, 0.15) is 5.82 Å². The van der Waals surface area contributed by atoms with Crippen molar-refractivity contribution in [2.75, 3.05) is 31.1 Å². The Morgan fingerprint density at radius 1 is 0.806 bits per heavy atom. The SMILES string of the molecule is FC(F)(F)c1ccccc1CN1CCCN(c2ccc3nnc(C(F)(F)F)n3n2)CC1. The van der Waals surface area contributed by atoms with Crippen LogP contribution in [-0.4, -0.2) is 50.9 Å². The second kappa shape index (κ2) is 7.98. The number of alkyl halides is 6. The highest BCUT2D eigenvalue weighted by atomic mass is 19.4. The van der Waals surface area contributed by atoms with Crippen molar-refractivity contribution in [3.05, 3.63) is 53.3 Å².